The van der Waals surface area contributed by atoms with Crippen LogP contribution < -0.4 is 0 Å². The number of rotatable bonds is 5. The number of hydrogen-bond donors (Lipinski definition) is 0. The Hall–Kier alpha value is -1.34. The lowest BCUT2D eigenvalue weighted by Gasteiger charge is -2.37. The molecule has 0 atom stereocenters. The van der Waals surface area contributed by atoms with E-state index in [0.29, 0.717) is 5.56 Å². The van der Waals surface area contributed by atoms with E-state index in [2.05, 4.69) is 19.1 Å². The predicted octanol–water partition coefficient (Wildman–Crippen LogP) is 9.02. The molecule has 2 saturated carbocycles. The van der Waals surface area contributed by atoms with Crippen LogP contribution in [0.25, 0.3) is 11.1 Å². The molecule has 2 fully saturated rings. The molecule has 2 aliphatic rings. The second kappa shape index (κ2) is 9.86. The van der Waals surface area contributed by atoms with Gasteiger partial charge in [0.1, 0.15) is 5.82 Å². The van der Waals surface area contributed by atoms with Crippen molar-refractivity contribution < 1.29 is 4.39 Å². The van der Waals surface area contributed by atoms with Crippen molar-refractivity contribution in [1.29, 1.82) is 0 Å². The fourth-order valence-corrected chi connectivity index (χ4v) is 5.96. The zero-order valence-electron chi connectivity index (χ0n) is 18.6. The molecule has 2 aromatic rings. The van der Waals surface area contributed by atoms with Gasteiger partial charge in [-0.25, -0.2) is 4.39 Å². The molecule has 0 heterocycles. The summed E-state index contributed by atoms with van der Waals surface area (Å²) in [7, 11) is 0. The van der Waals surface area contributed by atoms with Gasteiger partial charge in [-0.05, 0) is 85.8 Å². The summed E-state index contributed by atoms with van der Waals surface area (Å²) < 4.78 is 14.5. The van der Waals surface area contributed by atoms with Crippen LogP contribution in [0.3, 0.4) is 0 Å². The van der Waals surface area contributed by atoms with Gasteiger partial charge in [0.2, 0.25) is 0 Å². The van der Waals surface area contributed by atoms with Gasteiger partial charge in [0.15, 0.2) is 0 Å². The Morgan fingerprint density at radius 2 is 1.43 bits per heavy atom. The molecule has 162 valence electrons. The smallest absolute Gasteiger partial charge is 0.149 e. The van der Waals surface area contributed by atoms with Crippen molar-refractivity contribution in [3.05, 3.63) is 58.4 Å². The van der Waals surface area contributed by atoms with Crippen LogP contribution in [-0.2, 0) is 6.42 Å². The van der Waals surface area contributed by atoms with E-state index in [1.54, 1.807) is 0 Å². The van der Waals surface area contributed by atoms with Crippen LogP contribution in [0.4, 0.5) is 4.39 Å². The summed E-state index contributed by atoms with van der Waals surface area (Å²) in [6.45, 7) is 4.26. The monoisotopic (exact) mass is 426 g/mol. The van der Waals surface area contributed by atoms with E-state index < -0.39 is 0 Å². The third-order valence-electron chi connectivity index (χ3n) is 8.00. The molecule has 0 saturated heterocycles. The molecule has 30 heavy (non-hydrogen) atoms. The maximum atomic E-state index is 14.5. The van der Waals surface area contributed by atoms with Crippen molar-refractivity contribution in [2.24, 2.45) is 23.7 Å². The maximum Gasteiger partial charge on any atom is 0.149 e. The van der Waals surface area contributed by atoms with Gasteiger partial charge in [0.05, 0.1) is 5.02 Å². The third-order valence-corrected chi connectivity index (χ3v) is 8.46. The predicted molar refractivity (Wildman–Crippen MR) is 126 cm³/mol. The summed E-state index contributed by atoms with van der Waals surface area (Å²) in [6, 6.07) is 12.1. The molecule has 0 aromatic heterocycles. The minimum absolute atomic E-state index is 0.231. The molecule has 0 N–H and O–H groups in total. The zero-order valence-corrected chi connectivity index (χ0v) is 19.4. The van der Waals surface area contributed by atoms with Crippen molar-refractivity contribution in [2.45, 2.75) is 78.1 Å². The molecule has 0 spiro atoms. The Balaban J connectivity index is 1.27. The average molecular weight is 427 g/mol. The van der Waals surface area contributed by atoms with E-state index in [-0.39, 0.29) is 10.8 Å². The lowest BCUT2D eigenvalue weighted by molar-refractivity contribution is 0.148. The number of benzene rings is 2. The summed E-state index contributed by atoms with van der Waals surface area (Å²) >= 11 is 6.09. The average Bonchev–Trinajstić information content (AvgIpc) is 2.78. The first-order chi connectivity index (χ1) is 14.5. The highest BCUT2D eigenvalue weighted by molar-refractivity contribution is 6.31. The number of halogens is 2. The van der Waals surface area contributed by atoms with Gasteiger partial charge in [-0.3, -0.25) is 0 Å². The van der Waals surface area contributed by atoms with Gasteiger partial charge in [-0.2, -0.15) is 0 Å². The quantitative estimate of drug-likeness (QED) is 0.447. The highest BCUT2D eigenvalue weighted by Crippen LogP contribution is 2.42. The van der Waals surface area contributed by atoms with Crippen LogP contribution in [0.15, 0.2) is 36.4 Å². The zero-order chi connectivity index (χ0) is 21.1. The molecule has 2 heteroatoms. The Morgan fingerprint density at radius 3 is 2.07 bits per heavy atom. The fourth-order valence-electron chi connectivity index (χ4n) is 5.80. The van der Waals surface area contributed by atoms with E-state index in [1.165, 1.54) is 63.4 Å². The minimum atomic E-state index is -0.311. The minimum Gasteiger partial charge on any atom is -0.205 e. The van der Waals surface area contributed by atoms with Crippen LogP contribution in [0.1, 0.15) is 75.8 Å². The standard InChI is InChI=1S/C28H36ClF/c1-19-3-12-23(13-4-19)24-14-8-21(9-15-24)6-7-22-10-16-25(17-11-22)26-18-5-20(2)27(29)28(26)30/h5,10-11,16-19,21,23-24H,3-4,6-9,12-15H2,1-2H3. The largest absolute Gasteiger partial charge is 0.205 e. The number of aryl methyl sites for hydroxylation is 2. The third kappa shape index (κ3) is 5.10. The van der Waals surface area contributed by atoms with E-state index in [9.17, 15) is 4.39 Å². The van der Waals surface area contributed by atoms with Gasteiger partial charge in [-0.15, -0.1) is 0 Å². The van der Waals surface area contributed by atoms with Crippen molar-refractivity contribution in [2.75, 3.05) is 0 Å². The fraction of sp³-hybridized carbons (Fsp3) is 0.571. The van der Waals surface area contributed by atoms with Gasteiger partial charge in [0.25, 0.3) is 0 Å². The summed E-state index contributed by atoms with van der Waals surface area (Å²) in [5.41, 5.74) is 3.64. The molecule has 4 rings (SSSR count). The van der Waals surface area contributed by atoms with E-state index in [0.717, 1.165) is 41.2 Å². The Bertz CT molecular complexity index is 824. The topological polar surface area (TPSA) is 0 Å². The van der Waals surface area contributed by atoms with E-state index in [4.69, 9.17) is 11.6 Å². The van der Waals surface area contributed by atoms with Gasteiger partial charge >= 0.3 is 0 Å². The molecular weight excluding hydrogens is 391 g/mol. The van der Waals surface area contributed by atoms with Gasteiger partial charge < -0.3 is 0 Å². The van der Waals surface area contributed by atoms with Gasteiger partial charge in [-0.1, -0.05) is 80.6 Å². The molecule has 0 bridgehead atoms. The highest BCUT2D eigenvalue weighted by Gasteiger charge is 2.29. The summed E-state index contributed by atoms with van der Waals surface area (Å²) in [4.78, 5) is 0. The highest BCUT2D eigenvalue weighted by atomic mass is 35.5. The first-order valence-corrected chi connectivity index (χ1v) is 12.4. The molecular formula is C28H36ClF. The summed E-state index contributed by atoms with van der Waals surface area (Å²) in [5, 5.41) is 0.231. The van der Waals surface area contributed by atoms with Crippen LogP contribution >= 0.6 is 11.6 Å². The second-order valence-electron chi connectivity index (χ2n) is 10.1. The van der Waals surface area contributed by atoms with E-state index >= 15 is 0 Å². The SMILES string of the molecule is Cc1ccc(-c2ccc(CCC3CCC(C4CCC(C)CC4)CC3)cc2)c(F)c1Cl. The Labute approximate surface area is 187 Å². The molecule has 0 unspecified atom stereocenters. The Kier molecular flexibility index (Phi) is 7.19. The van der Waals surface area contributed by atoms with Crippen LogP contribution in [0.5, 0.6) is 0 Å². The summed E-state index contributed by atoms with van der Waals surface area (Å²) in [6.07, 6.45) is 14.0. The van der Waals surface area contributed by atoms with Crippen molar-refractivity contribution in [1.82, 2.24) is 0 Å². The lowest BCUT2D eigenvalue weighted by Crippen LogP contribution is -2.25. The van der Waals surface area contributed by atoms with Gasteiger partial charge in [0, 0.05) is 5.56 Å². The Morgan fingerprint density at radius 1 is 0.833 bits per heavy atom. The van der Waals surface area contributed by atoms with Crippen LogP contribution in [0.2, 0.25) is 5.02 Å². The number of hydrogen-bond acceptors (Lipinski definition) is 0. The molecule has 0 amide bonds. The molecule has 0 aliphatic heterocycles. The van der Waals surface area contributed by atoms with Crippen molar-refractivity contribution in [3.63, 3.8) is 0 Å². The lowest BCUT2D eigenvalue weighted by atomic mass is 9.69. The molecule has 0 nitrogen and oxygen atoms in total. The molecule has 2 aromatic carbocycles. The second-order valence-corrected chi connectivity index (χ2v) is 10.5. The molecule has 0 radical (unpaired) electrons. The first kappa shape index (κ1) is 21.9. The van der Waals surface area contributed by atoms with Crippen molar-refractivity contribution in [3.8, 4) is 11.1 Å². The van der Waals surface area contributed by atoms with Crippen LogP contribution in [0, 0.1) is 36.4 Å². The normalized spacial score (nSPS) is 27.2. The first-order valence-electron chi connectivity index (χ1n) is 12.0. The van der Waals surface area contributed by atoms with Crippen LogP contribution in [-0.4, -0.2) is 0 Å². The van der Waals surface area contributed by atoms with E-state index in [1.807, 2.05) is 31.2 Å². The summed E-state index contributed by atoms with van der Waals surface area (Å²) in [5.74, 6) is 3.56. The maximum absolute atomic E-state index is 14.5. The molecule has 2 aliphatic carbocycles. The van der Waals surface area contributed by atoms with Crippen molar-refractivity contribution >= 4 is 11.6 Å².